The largest absolute Gasteiger partial charge is 0.366 e. The lowest BCUT2D eigenvalue weighted by Crippen LogP contribution is -2.53. The number of carbonyl (C=O) groups excluding carboxylic acids is 1. The molecule has 3 heterocycles. The van der Waals surface area contributed by atoms with Crippen molar-refractivity contribution in [2.75, 3.05) is 42.5 Å². The van der Waals surface area contributed by atoms with Gasteiger partial charge in [-0.3, -0.25) is 4.90 Å². The van der Waals surface area contributed by atoms with Crippen LogP contribution in [0.1, 0.15) is 60.2 Å². The molecule has 6 nitrogen and oxygen atoms in total. The molecule has 0 N–H and O–H groups in total. The van der Waals surface area contributed by atoms with Crippen molar-refractivity contribution in [3.05, 3.63) is 69.9 Å². The number of hydrogen-bond donors (Lipinski definition) is 0. The van der Waals surface area contributed by atoms with E-state index in [9.17, 15) is 4.79 Å². The standard InChI is InChI=1S/C32H41N5O/c1-21(2)26-10-9-24(5)30(18-26)36-12-11-29-28(20-36)32(37-14-13-35(15-16-38)19-25(37)6)34-31(33-29)27-17-22(3)7-8-23(27)4/h7-10,16-18,21,25H,11-15,19-20H2,1-6H3. The molecular formula is C32H41N5O. The van der Waals surface area contributed by atoms with Crippen molar-refractivity contribution in [3.8, 4) is 11.4 Å². The summed E-state index contributed by atoms with van der Waals surface area (Å²) in [5, 5.41) is 0. The van der Waals surface area contributed by atoms with Crippen molar-refractivity contribution in [2.45, 2.75) is 66.5 Å². The van der Waals surface area contributed by atoms with Gasteiger partial charge in [-0.1, -0.05) is 43.7 Å². The second-order valence-corrected chi connectivity index (χ2v) is 11.5. The van der Waals surface area contributed by atoms with Crippen LogP contribution in [-0.2, 0) is 17.8 Å². The third-order valence-corrected chi connectivity index (χ3v) is 8.23. The Morgan fingerprint density at radius 2 is 1.79 bits per heavy atom. The predicted octanol–water partition coefficient (Wildman–Crippen LogP) is 5.46. The normalized spacial score (nSPS) is 18.1. The maximum absolute atomic E-state index is 11.2. The summed E-state index contributed by atoms with van der Waals surface area (Å²) in [6.45, 7) is 18.1. The number of carbonyl (C=O) groups is 1. The van der Waals surface area contributed by atoms with E-state index in [1.54, 1.807) is 0 Å². The molecule has 1 aromatic heterocycles. The Labute approximate surface area is 227 Å². The monoisotopic (exact) mass is 511 g/mol. The Morgan fingerprint density at radius 3 is 2.53 bits per heavy atom. The third kappa shape index (κ3) is 5.19. The van der Waals surface area contributed by atoms with Gasteiger partial charge in [0.2, 0.25) is 0 Å². The maximum atomic E-state index is 11.2. The number of anilines is 2. The SMILES string of the molecule is Cc1ccc(C)c(-c2nc3c(c(N4CCN(CC=O)CC4C)n2)CN(c2cc(C(C)C)ccc2C)CC3)c1. The molecule has 5 rings (SSSR count). The first-order chi connectivity index (χ1) is 18.2. The van der Waals surface area contributed by atoms with Crippen LogP contribution in [0.25, 0.3) is 11.4 Å². The quantitative estimate of drug-likeness (QED) is 0.410. The molecule has 2 aliphatic rings. The summed E-state index contributed by atoms with van der Waals surface area (Å²) < 4.78 is 0. The molecular weight excluding hydrogens is 470 g/mol. The first-order valence-electron chi connectivity index (χ1n) is 14.0. The fraction of sp³-hybridized carbons (Fsp3) is 0.469. The van der Waals surface area contributed by atoms with E-state index in [2.05, 4.69) is 92.6 Å². The highest BCUT2D eigenvalue weighted by Crippen LogP contribution is 2.36. The molecule has 0 radical (unpaired) electrons. The minimum absolute atomic E-state index is 0.260. The predicted molar refractivity (Wildman–Crippen MR) is 156 cm³/mol. The van der Waals surface area contributed by atoms with Gasteiger partial charge in [-0.15, -0.1) is 0 Å². The number of rotatable bonds is 6. The van der Waals surface area contributed by atoms with Gasteiger partial charge in [0, 0.05) is 62.0 Å². The fourth-order valence-corrected chi connectivity index (χ4v) is 5.88. The highest BCUT2D eigenvalue weighted by atomic mass is 16.1. The van der Waals surface area contributed by atoms with E-state index < -0.39 is 0 Å². The van der Waals surface area contributed by atoms with Crippen molar-refractivity contribution >= 4 is 17.8 Å². The van der Waals surface area contributed by atoms with E-state index >= 15 is 0 Å². The zero-order valence-corrected chi connectivity index (χ0v) is 23.8. The molecule has 1 atom stereocenters. The average Bonchev–Trinajstić information content (AvgIpc) is 2.90. The van der Waals surface area contributed by atoms with Gasteiger partial charge in [0.1, 0.15) is 12.1 Å². The molecule has 0 saturated carbocycles. The van der Waals surface area contributed by atoms with Gasteiger partial charge in [0.05, 0.1) is 12.2 Å². The summed E-state index contributed by atoms with van der Waals surface area (Å²) in [5.74, 6) is 2.38. The second kappa shape index (κ2) is 10.9. The number of nitrogens with zero attached hydrogens (tertiary/aromatic N) is 5. The van der Waals surface area contributed by atoms with Crippen LogP contribution in [-0.4, -0.2) is 59.9 Å². The van der Waals surface area contributed by atoms with Crippen molar-refractivity contribution in [1.29, 1.82) is 0 Å². The van der Waals surface area contributed by atoms with Crippen LogP contribution >= 0.6 is 0 Å². The molecule has 200 valence electrons. The number of piperazine rings is 1. The van der Waals surface area contributed by atoms with Gasteiger partial charge in [-0.05, 0) is 62.4 Å². The lowest BCUT2D eigenvalue weighted by atomic mass is 9.97. The fourth-order valence-electron chi connectivity index (χ4n) is 5.88. The number of aromatic nitrogens is 2. The Hall–Kier alpha value is -3.25. The van der Waals surface area contributed by atoms with Crippen LogP contribution < -0.4 is 9.80 Å². The minimum Gasteiger partial charge on any atom is -0.366 e. The maximum Gasteiger partial charge on any atom is 0.162 e. The van der Waals surface area contributed by atoms with Crippen LogP contribution in [0, 0.1) is 20.8 Å². The average molecular weight is 512 g/mol. The summed E-state index contributed by atoms with van der Waals surface area (Å²) in [4.78, 5) is 28.9. The number of fused-ring (bicyclic) bond motifs is 1. The highest BCUT2D eigenvalue weighted by Gasteiger charge is 2.31. The lowest BCUT2D eigenvalue weighted by molar-refractivity contribution is -0.109. The summed E-state index contributed by atoms with van der Waals surface area (Å²) >= 11 is 0. The Kier molecular flexibility index (Phi) is 7.53. The Balaban J connectivity index is 1.58. The van der Waals surface area contributed by atoms with Gasteiger partial charge < -0.3 is 14.6 Å². The summed E-state index contributed by atoms with van der Waals surface area (Å²) in [6.07, 6.45) is 1.91. The van der Waals surface area contributed by atoms with Crippen LogP contribution in [0.2, 0.25) is 0 Å². The van der Waals surface area contributed by atoms with Crippen LogP contribution in [0.3, 0.4) is 0 Å². The Bertz CT molecular complexity index is 1330. The number of hydrogen-bond acceptors (Lipinski definition) is 6. The van der Waals surface area contributed by atoms with Gasteiger partial charge in [0.15, 0.2) is 5.82 Å². The van der Waals surface area contributed by atoms with E-state index in [1.807, 2.05) is 0 Å². The molecule has 0 aliphatic carbocycles. The van der Waals surface area contributed by atoms with Gasteiger partial charge >= 0.3 is 0 Å². The molecule has 38 heavy (non-hydrogen) atoms. The molecule has 6 heteroatoms. The van der Waals surface area contributed by atoms with E-state index in [-0.39, 0.29) is 6.04 Å². The van der Waals surface area contributed by atoms with Crippen LogP contribution in [0.4, 0.5) is 11.5 Å². The molecule has 0 spiro atoms. The number of benzene rings is 2. The van der Waals surface area contributed by atoms with Gasteiger partial charge in [-0.2, -0.15) is 0 Å². The van der Waals surface area contributed by atoms with E-state index in [0.29, 0.717) is 12.5 Å². The highest BCUT2D eigenvalue weighted by molar-refractivity contribution is 5.67. The van der Waals surface area contributed by atoms with Crippen LogP contribution in [0.15, 0.2) is 36.4 Å². The first-order valence-corrected chi connectivity index (χ1v) is 14.0. The second-order valence-electron chi connectivity index (χ2n) is 11.5. The van der Waals surface area contributed by atoms with Gasteiger partial charge in [0.25, 0.3) is 0 Å². The van der Waals surface area contributed by atoms with E-state index in [4.69, 9.17) is 9.97 Å². The Morgan fingerprint density at radius 1 is 1.00 bits per heavy atom. The first kappa shape index (κ1) is 26.4. The minimum atomic E-state index is 0.260. The number of aldehydes is 1. The molecule has 2 aromatic carbocycles. The molecule has 0 bridgehead atoms. The zero-order chi connectivity index (χ0) is 27.0. The van der Waals surface area contributed by atoms with Gasteiger partial charge in [-0.25, -0.2) is 9.97 Å². The van der Waals surface area contributed by atoms with Crippen molar-refractivity contribution < 1.29 is 4.79 Å². The van der Waals surface area contributed by atoms with E-state index in [1.165, 1.54) is 39.2 Å². The molecule has 1 fully saturated rings. The van der Waals surface area contributed by atoms with Crippen LogP contribution in [0.5, 0.6) is 0 Å². The summed E-state index contributed by atoms with van der Waals surface area (Å²) in [7, 11) is 0. The summed E-state index contributed by atoms with van der Waals surface area (Å²) in [5.41, 5.74) is 9.94. The molecule has 1 unspecified atom stereocenters. The molecule has 2 aliphatic heterocycles. The lowest BCUT2D eigenvalue weighted by Gasteiger charge is -2.42. The topological polar surface area (TPSA) is 52.6 Å². The van der Waals surface area contributed by atoms with Crippen molar-refractivity contribution in [3.63, 3.8) is 0 Å². The smallest absolute Gasteiger partial charge is 0.162 e. The van der Waals surface area contributed by atoms with E-state index in [0.717, 1.165) is 62.6 Å². The number of aryl methyl sites for hydroxylation is 3. The molecule has 0 amide bonds. The van der Waals surface area contributed by atoms with Crippen molar-refractivity contribution in [2.24, 2.45) is 0 Å². The zero-order valence-electron chi connectivity index (χ0n) is 23.8. The van der Waals surface area contributed by atoms with Crippen molar-refractivity contribution in [1.82, 2.24) is 14.9 Å². The summed E-state index contributed by atoms with van der Waals surface area (Å²) in [6, 6.07) is 13.7. The molecule has 3 aromatic rings. The third-order valence-electron chi connectivity index (χ3n) is 8.23. The molecule has 1 saturated heterocycles.